The Balaban J connectivity index is 2.06. The van der Waals surface area contributed by atoms with E-state index in [9.17, 15) is 17.6 Å². The number of benzene rings is 3. The standard InChI is InChI=1S/C28H28FNO4S/c1-4-6-16-30(35(3,32)33)24-18-26-23(17-22(24)19-10-8-7-9-11-19)27(25(31)5-2)28(34-26)20-12-14-21(29)15-13-20/h7-15,17-18H,4-6,16H2,1-3H3. The minimum absolute atomic E-state index is 0.110. The molecular formula is C28H28FNO4S. The second-order valence-corrected chi connectivity index (χ2v) is 10.4. The van der Waals surface area contributed by atoms with Crippen molar-refractivity contribution >= 4 is 32.5 Å². The van der Waals surface area contributed by atoms with E-state index in [1.54, 1.807) is 25.1 Å². The van der Waals surface area contributed by atoms with Crippen LogP contribution in [0.2, 0.25) is 0 Å². The highest BCUT2D eigenvalue weighted by Gasteiger charge is 2.26. The Morgan fingerprint density at radius 1 is 0.971 bits per heavy atom. The Bertz CT molecular complexity index is 1460. The van der Waals surface area contributed by atoms with E-state index >= 15 is 0 Å². The minimum Gasteiger partial charge on any atom is -0.455 e. The van der Waals surface area contributed by atoms with E-state index in [2.05, 4.69) is 0 Å². The molecule has 0 fully saturated rings. The highest BCUT2D eigenvalue weighted by molar-refractivity contribution is 7.92. The van der Waals surface area contributed by atoms with Gasteiger partial charge in [0.05, 0.1) is 17.5 Å². The minimum atomic E-state index is -3.59. The van der Waals surface area contributed by atoms with E-state index in [0.717, 1.165) is 12.0 Å². The number of hydrogen-bond acceptors (Lipinski definition) is 4. The summed E-state index contributed by atoms with van der Waals surface area (Å²) in [7, 11) is -3.59. The van der Waals surface area contributed by atoms with Gasteiger partial charge in [0.2, 0.25) is 10.0 Å². The maximum absolute atomic E-state index is 13.6. The lowest BCUT2D eigenvalue weighted by atomic mass is 9.96. The number of carbonyl (C=O) groups is 1. The second-order valence-electron chi connectivity index (χ2n) is 8.51. The summed E-state index contributed by atoms with van der Waals surface area (Å²) in [6, 6.07) is 18.8. The van der Waals surface area contributed by atoms with Crippen LogP contribution < -0.4 is 4.31 Å². The molecule has 0 N–H and O–H groups in total. The highest BCUT2D eigenvalue weighted by Crippen LogP contribution is 2.42. The first-order chi connectivity index (χ1) is 16.7. The third kappa shape index (κ3) is 5.00. The van der Waals surface area contributed by atoms with E-state index in [0.29, 0.717) is 52.1 Å². The topological polar surface area (TPSA) is 67.6 Å². The molecule has 1 aromatic heterocycles. The van der Waals surface area contributed by atoms with Crippen LogP contribution in [0.25, 0.3) is 33.4 Å². The molecule has 0 aliphatic carbocycles. The van der Waals surface area contributed by atoms with Gasteiger partial charge in [0.15, 0.2) is 5.78 Å². The predicted molar refractivity (Wildman–Crippen MR) is 139 cm³/mol. The van der Waals surface area contributed by atoms with Gasteiger partial charge in [0.1, 0.15) is 17.2 Å². The molecule has 3 aromatic carbocycles. The zero-order chi connectivity index (χ0) is 25.2. The molecule has 0 aliphatic heterocycles. The fraction of sp³-hybridized carbons (Fsp3) is 0.250. The van der Waals surface area contributed by atoms with Gasteiger partial charge in [0.25, 0.3) is 0 Å². The van der Waals surface area contributed by atoms with Crippen molar-refractivity contribution in [3.05, 3.63) is 78.1 Å². The SMILES string of the molecule is CCCCN(c1cc2oc(-c3ccc(F)cc3)c(C(=O)CC)c2cc1-c1ccccc1)S(C)(=O)=O. The monoisotopic (exact) mass is 493 g/mol. The van der Waals surface area contributed by atoms with Crippen LogP contribution in [0.15, 0.2) is 71.1 Å². The number of halogens is 1. The van der Waals surface area contributed by atoms with Crippen molar-refractivity contribution in [3.8, 4) is 22.5 Å². The summed E-state index contributed by atoms with van der Waals surface area (Å²) in [5.41, 5.74) is 3.41. The molecule has 0 saturated heterocycles. The number of nitrogens with zero attached hydrogens (tertiary/aromatic N) is 1. The van der Waals surface area contributed by atoms with Crippen molar-refractivity contribution in [2.75, 3.05) is 17.1 Å². The largest absolute Gasteiger partial charge is 0.455 e. The summed E-state index contributed by atoms with van der Waals surface area (Å²) >= 11 is 0. The Labute approximate surface area is 205 Å². The van der Waals surface area contributed by atoms with Crippen molar-refractivity contribution < 1.29 is 22.0 Å². The van der Waals surface area contributed by atoms with Gasteiger partial charge in [-0.1, -0.05) is 50.6 Å². The van der Waals surface area contributed by atoms with Crippen LogP contribution in [0, 0.1) is 5.82 Å². The van der Waals surface area contributed by atoms with Crippen molar-refractivity contribution in [1.82, 2.24) is 0 Å². The number of hydrogen-bond donors (Lipinski definition) is 0. The molecule has 4 rings (SSSR count). The quantitative estimate of drug-likeness (QED) is 0.234. The zero-order valence-electron chi connectivity index (χ0n) is 20.0. The van der Waals surface area contributed by atoms with E-state index in [1.807, 2.05) is 43.3 Å². The number of ketones is 1. The fourth-order valence-corrected chi connectivity index (χ4v) is 5.18. The summed E-state index contributed by atoms with van der Waals surface area (Å²) in [5, 5.41) is 0.600. The summed E-state index contributed by atoms with van der Waals surface area (Å²) < 4.78 is 46.8. The van der Waals surface area contributed by atoms with E-state index < -0.39 is 10.0 Å². The third-order valence-corrected chi connectivity index (χ3v) is 7.16. The van der Waals surface area contributed by atoms with Crippen LogP contribution >= 0.6 is 0 Å². The number of anilines is 1. The van der Waals surface area contributed by atoms with Gasteiger partial charge in [0, 0.05) is 35.5 Å². The van der Waals surface area contributed by atoms with Gasteiger partial charge in [-0.3, -0.25) is 9.10 Å². The van der Waals surface area contributed by atoms with E-state index in [-0.39, 0.29) is 18.0 Å². The summed E-state index contributed by atoms with van der Waals surface area (Å²) in [6.07, 6.45) is 2.98. The van der Waals surface area contributed by atoms with Gasteiger partial charge >= 0.3 is 0 Å². The number of Topliss-reactive ketones (excluding diaryl/α,β-unsaturated/α-hetero) is 1. The smallest absolute Gasteiger partial charge is 0.232 e. The number of unbranched alkanes of at least 4 members (excludes halogenated alkanes) is 1. The normalized spacial score (nSPS) is 11.7. The number of sulfonamides is 1. The van der Waals surface area contributed by atoms with Crippen LogP contribution in [-0.4, -0.2) is 27.0 Å². The maximum atomic E-state index is 13.6. The first-order valence-electron chi connectivity index (χ1n) is 11.7. The molecule has 1 heterocycles. The molecule has 4 aromatic rings. The molecule has 0 bridgehead atoms. The average Bonchev–Trinajstić information content (AvgIpc) is 3.22. The van der Waals surface area contributed by atoms with Gasteiger partial charge in [-0.2, -0.15) is 0 Å². The van der Waals surface area contributed by atoms with Crippen molar-refractivity contribution in [2.24, 2.45) is 0 Å². The number of fused-ring (bicyclic) bond motifs is 1. The van der Waals surface area contributed by atoms with E-state index in [1.165, 1.54) is 22.7 Å². The highest BCUT2D eigenvalue weighted by atomic mass is 32.2. The molecule has 0 spiro atoms. The molecule has 182 valence electrons. The molecule has 5 nitrogen and oxygen atoms in total. The molecule has 0 unspecified atom stereocenters. The summed E-state index contributed by atoms with van der Waals surface area (Å²) in [6.45, 7) is 4.11. The third-order valence-electron chi connectivity index (χ3n) is 5.98. The predicted octanol–water partition coefficient (Wildman–Crippen LogP) is 7.06. The van der Waals surface area contributed by atoms with Gasteiger partial charge < -0.3 is 4.42 Å². The number of carbonyl (C=O) groups excluding carboxylic acids is 1. The molecular weight excluding hydrogens is 465 g/mol. The van der Waals surface area contributed by atoms with E-state index in [4.69, 9.17) is 4.42 Å². The molecule has 35 heavy (non-hydrogen) atoms. The first kappa shape index (κ1) is 24.7. The Morgan fingerprint density at radius 3 is 2.26 bits per heavy atom. The molecule has 0 saturated carbocycles. The molecule has 0 radical (unpaired) electrons. The Kier molecular flexibility index (Phi) is 7.08. The van der Waals surface area contributed by atoms with Crippen LogP contribution in [0.4, 0.5) is 10.1 Å². The van der Waals surface area contributed by atoms with Crippen LogP contribution in [0.1, 0.15) is 43.5 Å². The van der Waals surface area contributed by atoms with Crippen LogP contribution in [0.3, 0.4) is 0 Å². The summed E-state index contributed by atoms with van der Waals surface area (Å²) in [4.78, 5) is 13.1. The summed E-state index contributed by atoms with van der Waals surface area (Å²) in [5.74, 6) is -0.148. The average molecular weight is 494 g/mol. The zero-order valence-corrected chi connectivity index (χ0v) is 20.9. The lowest BCUT2D eigenvalue weighted by Gasteiger charge is -2.25. The fourth-order valence-electron chi connectivity index (χ4n) is 4.21. The molecule has 0 aliphatic rings. The van der Waals surface area contributed by atoms with Crippen molar-refractivity contribution in [2.45, 2.75) is 33.1 Å². The molecule has 7 heteroatoms. The Morgan fingerprint density at radius 2 is 1.66 bits per heavy atom. The number of rotatable bonds is 9. The van der Waals surface area contributed by atoms with Crippen molar-refractivity contribution in [1.29, 1.82) is 0 Å². The Hall–Kier alpha value is -3.45. The molecule has 0 amide bonds. The van der Waals surface area contributed by atoms with Crippen LogP contribution in [-0.2, 0) is 10.0 Å². The second kappa shape index (κ2) is 10.0. The maximum Gasteiger partial charge on any atom is 0.232 e. The van der Waals surface area contributed by atoms with Gasteiger partial charge in [-0.05, 0) is 42.3 Å². The van der Waals surface area contributed by atoms with Crippen LogP contribution in [0.5, 0.6) is 0 Å². The van der Waals surface area contributed by atoms with Gasteiger partial charge in [-0.25, -0.2) is 12.8 Å². The van der Waals surface area contributed by atoms with Crippen molar-refractivity contribution in [3.63, 3.8) is 0 Å². The van der Waals surface area contributed by atoms with Gasteiger partial charge in [-0.15, -0.1) is 0 Å². The number of furan rings is 1. The molecule has 0 atom stereocenters. The lowest BCUT2D eigenvalue weighted by Crippen LogP contribution is -2.31. The first-order valence-corrected chi connectivity index (χ1v) is 13.5. The lowest BCUT2D eigenvalue weighted by molar-refractivity contribution is 0.0989.